The summed E-state index contributed by atoms with van der Waals surface area (Å²) in [6.45, 7) is 10.5. The van der Waals surface area contributed by atoms with Gasteiger partial charge in [-0.3, -0.25) is 0 Å². The Hall–Kier alpha value is 0.100. The van der Waals surface area contributed by atoms with Crippen LogP contribution in [0.2, 0.25) is 0 Å². The monoisotopic (exact) mass is 344 g/mol. The van der Waals surface area contributed by atoms with E-state index >= 15 is 0 Å². The lowest BCUT2D eigenvalue weighted by molar-refractivity contribution is 0.190. The second kappa shape index (κ2) is 7.77. The molecule has 0 unspecified atom stereocenters. The number of thiophene rings is 1. The van der Waals surface area contributed by atoms with E-state index in [-0.39, 0.29) is 0 Å². The predicted molar refractivity (Wildman–Crippen MR) is 87.9 cm³/mol. The largest absolute Gasteiger partial charge is 0.312 e. The van der Waals surface area contributed by atoms with E-state index in [4.69, 9.17) is 0 Å². The second-order valence-corrected chi connectivity index (χ2v) is 7.87. The first-order chi connectivity index (χ1) is 9.15. The molecule has 0 spiro atoms. The van der Waals surface area contributed by atoms with E-state index in [2.05, 4.69) is 46.1 Å². The Kier molecular flexibility index (Phi) is 6.33. The maximum Gasteiger partial charge on any atom is 0.0314 e. The average molecular weight is 345 g/mol. The molecule has 2 heterocycles. The molecule has 108 valence electrons. The van der Waals surface area contributed by atoms with Gasteiger partial charge in [0.2, 0.25) is 0 Å². The lowest BCUT2D eigenvalue weighted by Crippen LogP contribution is -2.34. The number of piperidine rings is 1. The third-order valence-corrected chi connectivity index (χ3v) is 6.05. The van der Waals surface area contributed by atoms with Gasteiger partial charge in [-0.15, -0.1) is 11.3 Å². The van der Waals surface area contributed by atoms with Crippen LogP contribution in [0.25, 0.3) is 0 Å². The molecule has 0 radical (unpaired) electrons. The molecule has 0 bridgehead atoms. The topological polar surface area (TPSA) is 15.3 Å². The van der Waals surface area contributed by atoms with Crippen molar-refractivity contribution in [3.05, 3.63) is 20.3 Å². The van der Waals surface area contributed by atoms with E-state index < -0.39 is 0 Å². The minimum atomic E-state index is 0.940. The molecule has 2 rings (SSSR count). The standard InChI is InChI=1S/C15H25BrN2S/c1-12-4-8-18(9-5-12)7-3-6-17-11-14-10-15(16)13(2)19-14/h10,12,17H,3-9,11H2,1-2H3. The summed E-state index contributed by atoms with van der Waals surface area (Å²) in [6.07, 6.45) is 4.03. The summed E-state index contributed by atoms with van der Waals surface area (Å²) in [6, 6.07) is 2.24. The number of halogens is 1. The Morgan fingerprint density at radius 3 is 2.79 bits per heavy atom. The van der Waals surface area contributed by atoms with Gasteiger partial charge in [-0.25, -0.2) is 0 Å². The van der Waals surface area contributed by atoms with Crippen LogP contribution >= 0.6 is 27.3 Å². The van der Waals surface area contributed by atoms with E-state index in [9.17, 15) is 0 Å². The van der Waals surface area contributed by atoms with Crippen molar-refractivity contribution in [1.29, 1.82) is 0 Å². The molecule has 4 heteroatoms. The molecule has 1 aromatic heterocycles. The van der Waals surface area contributed by atoms with Crippen molar-refractivity contribution >= 4 is 27.3 Å². The average Bonchev–Trinajstić information content (AvgIpc) is 2.71. The first-order valence-electron chi connectivity index (χ1n) is 7.33. The van der Waals surface area contributed by atoms with Crippen LogP contribution in [0, 0.1) is 12.8 Å². The second-order valence-electron chi connectivity index (χ2n) is 5.67. The number of nitrogens with zero attached hydrogens (tertiary/aromatic N) is 1. The fraction of sp³-hybridized carbons (Fsp3) is 0.733. The van der Waals surface area contributed by atoms with Gasteiger partial charge in [0.1, 0.15) is 0 Å². The lowest BCUT2D eigenvalue weighted by Gasteiger charge is -2.30. The molecule has 1 saturated heterocycles. The van der Waals surface area contributed by atoms with Gasteiger partial charge in [0, 0.05) is 20.8 Å². The Bertz CT molecular complexity index is 364. The van der Waals surface area contributed by atoms with Crippen LogP contribution in [0.5, 0.6) is 0 Å². The van der Waals surface area contributed by atoms with Crippen LogP contribution in [0.3, 0.4) is 0 Å². The molecule has 1 aromatic rings. The van der Waals surface area contributed by atoms with Crippen molar-refractivity contribution in [3.8, 4) is 0 Å². The highest BCUT2D eigenvalue weighted by atomic mass is 79.9. The van der Waals surface area contributed by atoms with Gasteiger partial charge in [0.05, 0.1) is 0 Å². The number of rotatable bonds is 6. The number of hydrogen-bond acceptors (Lipinski definition) is 3. The number of likely N-dealkylation sites (tertiary alicyclic amines) is 1. The van der Waals surface area contributed by atoms with Gasteiger partial charge >= 0.3 is 0 Å². The summed E-state index contributed by atoms with van der Waals surface area (Å²) < 4.78 is 1.25. The zero-order valence-corrected chi connectivity index (χ0v) is 14.4. The molecule has 2 nitrogen and oxygen atoms in total. The van der Waals surface area contributed by atoms with Gasteiger partial charge in [0.25, 0.3) is 0 Å². The van der Waals surface area contributed by atoms with Crippen molar-refractivity contribution < 1.29 is 0 Å². The highest BCUT2D eigenvalue weighted by Crippen LogP contribution is 2.26. The van der Waals surface area contributed by atoms with E-state index in [0.717, 1.165) is 19.0 Å². The highest BCUT2D eigenvalue weighted by Gasteiger charge is 2.14. The fourth-order valence-electron chi connectivity index (χ4n) is 2.53. The molecule has 1 aliphatic heterocycles. The van der Waals surface area contributed by atoms with E-state index in [0.29, 0.717) is 0 Å². The zero-order chi connectivity index (χ0) is 13.7. The molecule has 0 aromatic carbocycles. The van der Waals surface area contributed by atoms with Crippen LogP contribution in [-0.2, 0) is 6.54 Å². The van der Waals surface area contributed by atoms with Gasteiger partial charge < -0.3 is 10.2 Å². The molecule has 0 saturated carbocycles. The van der Waals surface area contributed by atoms with E-state index in [1.54, 1.807) is 0 Å². The smallest absolute Gasteiger partial charge is 0.0314 e. The van der Waals surface area contributed by atoms with Crippen LogP contribution in [0.4, 0.5) is 0 Å². The molecule has 19 heavy (non-hydrogen) atoms. The molecule has 0 amide bonds. The van der Waals surface area contributed by atoms with Crippen molar-refractivity contribution in [2.24, 2.45) is 5.92 Å². The maximum atomic E-state index is 3.57. The number of aryl methyl sites for hydroxylation is 1. The predicted octanol–water partition coefficient (Wildman–Crippen LogP) is 4.03. The Balaban J connectivity index is 1.55. The molecule has 0 aliphatic carbocycles. The molecular weight excluding hydrogens is 320 g/mol. The van der Waals surface area contributed by atoms with Crippen molar-refractivity contribution in [2.45, 2.75) is 39.7 Å². The van der Waals surface area contributed by atoms with Gasteiger partial charge in [-0.05, 0) is 80.3 Å². The number of hydrogen-bond donors (Lipinski definition) is 1. The summed E-state index contributed by atoms with van der Waals surface area (Å²) in [7, 11) is 0. The highest BCUT2D eigenvalue weighted by molar-refractivity contribution is 9.10. The zero-order valence-electron chi connectivity index (χ0n) is 12.0. The van der Waals surface area contributed by atoms with Crippen LogP contribution in [0.1, 0.15) is 35.9 Å². The summed E-state index contributed by atoms with van der Waals surface area (Å²) in [5.74, 6) is 0.940. The minimum Gasteiger partial charge on any atom is -0.312 e. The Morgan fingerprint density at radius 1 is 1.42 bits per heavy atom. The van der Waals surface area contributed by atoms with Crippen LogP contribution in [-0.4, -0.2) is 31.1 Å². The Labute approximate surface area is 129 Å². The summed E-state index contributed by atoms with van der Waals surface area (Å²) in [5, 5.41) is 3.55. The van der Waals surface area contributed by atoms with Crippen molar-refractivity contribution in [3.63, 3.8) is 0 Å². The van der Waals surface area contributed by atoms with E-state index in [1.165, 1.54) is 53.1 Å². The van der Waals surface area contributed by atoms with Gasteiger partial charge in [-0.2, -0.15) is 0 Å². The van der Waals surface area contributed by atoms with Crippen molar-refractivity contribution in [1.82, 2.24) is 10.2 Å². The molecular formula is C15H25BrN2S. The third-order valence-electron chi connectivity index (χ3n) is 3.91. The SMILES string of the molecule is Cc1sc(CNCCCN2CCC(C)CC2)cc1Br. The molecule has 1 N–H and O–H groups in total. The lowest BCUT2D eigenvalue weighted by atomic mass is 9.99. The number of nitrogens with one attached hydrogen (secondary N) is 1. The first kappa shape index (κ1) is 15.5. The molecule has 1 aliphatic rings. The molecule has 0 atom stereocenters. The van der Waals surface area contributed by atoms with E-state index in [1.807, 2.05) is 11.3 Å². The van der Waals surface area contributed by atoms with Crippen molar-refractivity contribution in [2.75, 3.05) is 26.2 Å². The quantitative estimate of drug-likeness (QED) is 0.783. The molecule has 1 fully saturated rings. The summed E-state index contributed by atoms with van der Waals surface area (Å²) in [4.78, 5) is 5.42. The first-order valence-corrected chi connectivity index (χ1v) is 8.94. The minimum absolute atomic E-state index is 0.940. The summed E-state index contributed by atoms with van der Waals surface area (Å²) in [5.41, 5.74) is 0. The Morgan fingerprint density at radius 2 is 2.16 bits per heavy atom. The van der Waals surface area contributed by atoms with Crippen LogP contribution < -0.4 is 5.32 Å². The van der Waals surface area contributed by atoms with Gasteiger partial charge in [0.15, 0.2) is 0 Å². The van der Waals surface area contributed by atoms with Gasteiger partial charge in [-0.1, -0.05) is 6.92 Å². The normalized spacial score (nSPS) is 18.1. The summed E-state index contributed by atoms with van der Waals surface area (Å²) >= 11 is 5.45. The maximum absolute atomic E-state index is 3.57. The van der Waals surface area contributed by atoms with Crippen LogP contribution in [0.15, 0.2) is 10.5 Å². The third kappa shape index (κ3) is 5.18. The fourth-order valence-corrected chi connectivity index (χ4v) is 4.10.